The third-order valence-corrected chi connectivity index (χ3v) is 4.19. The number of nitrogens with one attached hydrogen (secondary N) is 1. The Kier molecular flexibility index (Phi) is 13.0. The Hall–Kier alpha value is -0.820. The first-order chi connectivity index (χ1) is 11.1. The van der Waals surface area contributed by atoms with Crippen LogP contribution in [0.1, 0.15) is 37.8 Å². The highest BCUT2D eigenvalue weighted by Gasteiger charge is 2.06. The van der Waals surface area contributed by atoms with Crippen LogP contribution >= 0.6 is 24.0 Å². The van der Waals surface area contributed by atoms with Crippen LogP contribution in [0.2, 0.25) is 0 Å². The molecule has 0 bridgehead atoms. The van der Waals surface area contributed by atoms with E-state index in [0.717, 1.165) is 32.1 Å². The quantitative estimate of drug-likeness (QED) is 0.271. The average molecular weight is 446 g/mol. The lowest BCUT2D eigenvalue weighted by Gasteiger charge is -2.22. The topological polar surface area (TPSA) is 30.9 Å². The van der Waals surface area contributed by atoms with E-state index in [1.807, 2.05) is 7.05 Å². The number of benzene rings is 1. The van der Waals surface area contributed by atoms with E-state index in [2.05, 4.69) is 72.2 Å². The minimum atomic E-state index is 0. The first-order valence-electron chi connectivity index (χ1n) is 8.80. The van der Waals surface area contributed by atoms with E-state index in [1.54, 1.807) is 0 Å². The van der Waals surface area contributed by atoms with E-state index < -0.39 is 0 Å². The van der Waals surface area contributed by atoms with Gasteiger partial charge in [0, 0.05) is 27.2 Å². The second-order valence-electron chi connectivity index (χ2n) is 6.05. The zero-order valence-electron chi connectivity index (χ0n) is 16.0. The Labute approximate surface area is 165 Å². The molecule has 0 saturated carbocycles. The summed E-state index contributed by atoms with van der Waals surface area (Å²) in [6, 6.07) is 8.69. The Morgan fingerprint density at radius 2 is 1.71 bits per heavy atom. The van der Waals surface area contributed by atoms with Crippen LogP contribution < -0.4 is 5.32 Å². The number of guanidine groups is 1. The summed E-state index contributed by atoms with van der Waals surface area (Å²) in [4.78, 5) is 9.03. The van der Waals surface area contributed by atoms with Crippen molar-refractivity contribution in [2.45, 2.75) is 40.2 Å². The summed E-state index contributed by atoms with van der Waals surface area (Å²) in [5.41, 5.74) is 2.61. The number of aryl methyl sites for hydroxylation is 1. The number of hydrogen-bond donors (Lipinski definition) is 1. The fourth-order valence-electron chi connectivity index (χ4n) is 2.63. The molecule has 1 aromatic rings. The van der Waals surface area contributed by atoms with Crippen molar-refractivity contribution in [1.29, 1.82) is 0 Å². The number of rotatable bonds is 9. The van der Waals surface area contributed by atoms with E-state index in [-0.39, 0.29) is 24.0 Å². The summed E-state index contributed by atoms with van der Waals surface area (Å²) < 4.78 is 0. The van der Waals surface area contributed by atoms with Crippen molar-refractivity contribution in [3.05, 3.63) is 35.4 Å². The van der Waals surface area contributed by atoms with Gasteiger partial charge in [-0.05, 0) is 45.0 Å². The van der Waals surface area contributed by atoms with Gasteiger partial charge in [0.05, 0.1) is 0 Å². The third-order valence-electron chi connectivity index (χ3n) is 4.19. The molecule has 0 aromatic heterocycles. The second kappa shape index (κ2) is 13.5. The summed E-state index contributed by atoms with van der Waals surface area (Å²) in [6.07, 6.45) is 2.40. The molecule has 0 saturated heterocycles. The lowest BCUT2D eigenvalue weighted by molar-refractivity contribution is 0.297. The van der Waals surface area contributed by atoms with Crippen LogP contribution in [0, 0.1) is 6.92 Å². The molecule has 5 heteroatoms. The minimum Gasteiger partial charge on any atom is -0.356 e. The monoisotopic (exact) mass is 446 g/mol. The van der Waals surface area contributed by atoms with Crippen molar-refractivity contribution >= 4 is 29.9 Å². The maximum atomic E-state index is 4.39. The van der Waals surface area contributed by atoms with Crippen molar-refractivity contribution in [3.63, 3.8) is 0 Å². The summed E-state index contributed by atoms with van der Waals surface area (Å²) in [6.45, 7) is 11.9. The van der Waals surface area contributed by atoms with Crippen molar-refractivity contribution in [1.82, 2.24) is 15.1 Å². The highest BCUT2D eigenvalue weighted by atomic mass is 127. The van der Waals surface area contributed by atoms with Gasteiger partial charge < -0.3 is 15.1 Å². The number of unbranched alkanes of at least 4 members (excludes halogenated alkanes) is 1. The van der Waals surface area contributed by atoms with Gasteiger partial charge in [-0.25, -0.2) is 0 Å². The summed E-state index contributed by atoms with van der Waals surface area (Å²) in [7, 11) is 3.94. The smallest absolute Gasteiger partial charge is 0.193 e. The maximum Gasteiger partial charge on any atom is 0.193 e. The molecule has 0 heterocycles. The summed E-state index contributed by atoms with van der Waals surface area (Å²) in [5.74, 6) is 0.966. The number of halogens is 1. The lowest BCUT2D eigenvalue weighted by Crippen LogP contribution is -2.39. The summed E-state index contributed by atoms with van der Waals surface area (Å²) >= 11 is 0. The number of aliphatic imine (C=N–C) groups is 1. The molecule has 0 amide bonds. The fourth-order valence-corrected chi connectivity index (χ4v) is 2.63. The number of hydrogen-bond acceptors (Lipinski definition) is 2. The Morgan fingerprint density at radius 3 is 2.25 bits per heavy atom. The molecule has 4 nitrogen and oxygen atoms in total. The Balaban J connectivity index is 0.00000529. The molecule has 138 valence electrons. The Morgan fingerprint density at radius 1 is 1.08 bits per heavy atom. The first-order valence-corrected chi connectivity index (χ1v) is 8.80. The van der Waals surface area contributed by atoms with Gasteiger partial charge in [-0.2, -0.15) is 0 Å². The van der Waals surface area contributed by atoms with Gasteiger partial charge in [-0.1, -0.05) is 43.7 Å². The summed E-state index contributed by atoms with van der Waals surface area (Å²) in [5, 5.41) is 3.47. The zero-order chi connectivity index (χ0) is 17.1. The van der Waals surface area contributed by atoms with E-state index in [9.17, 15) is 0 Å². The molecule has 0 atom stereocenters. The first kappa shape index (κ1) is 23.2. The zero-order valence-corrected chi connectivity index (χ0v) is 18.3. The van der Waals surface area contributed by atoms with Crippen LogP contribution in [-0.4, -0.2) is 56.0 Å². The van der Waals surface area contributed by atoms with Gasteiger partial charge in [0.2, 0.25) is 0 Å². The predicted molar refractivity (Wildman–Crippen MR) is 116 cm³/mol. The predicted octanol–water partition coefficient (Wildman–Crippen LogP) is 3.74. The molecule has 0 radical (unpaired) electrons. The standard InChI is InChI=1S/C19H34N4.HI/c1-6-23(7-2)15-9-8-14-21-19(20-4)22(5)16-18-12-10-17(3)11-13-18;/h10-13H,6-9,14-16H2,1-5H3,(H,20,21);1H. The molecular formula is C19H35IN4. The van der Waals surface area contributed by atoms with Crippen molar-refractivity contribution in [2.24, 2.45) is 4.99 Å². The highest BCUT2D eigenvalue weighted by molar-refractivity contribution is 14.0. The van der Waals surface area contributed by atoms with Crippen molar-refractivity contribution < 1.29 is 0 Å². The molecule has 1 N–H and O–H groups in total. The molecule has 0 aliphatic heterocycles. The molecule has 1 rings (SSSR count). The van der Waals surface area contributed by atoms with Crippen LogP contribution in [0.15, 0.2) is 29.3 Å². The maximum absolute atomic E-state index is 4.39. The third kappa shape index (κ3) is 8.87. The second-order valence-corrected chi connectivity index (χ2v) is 6.05. The van der Waals surface area contributed by atoms with Gasteiger partial charge in [0.1, 0.15) is 0 Å². The molecule has 0 spiro atoms. The van der Waals surface area contributed by atoms with Gasteiger partial charge in [-0.15, -0.1) is 24.0 Å². The molecule has 0 unspecified atom stereocenters. The van der Waals surface area contributed by atoms with Gasteiger partial charge in [0.15, 0.2) is 5.96 Å². The molecule has 0 fully saturated rings. The van der Waals surface area contributed by atoms with E-state index >= 15 is 0 Å². The van der Waals surface area contributed by atoms with Crippen LogP contribution in [0.5, 0.6) is 0 Å². The minimum absolute atomic E-state index is 0. The van der Waals surface area contributed by atoms with Gasteiger partial charge >= 0.3 is 0 Å². The Bertz CT molecular complexity index is 455. The molecule has 24 heavy (non-hydrogen) atoms. The SMILES string of the molecule is CCN(CC)CCCCNC(=NC)N(C)Cc1ccc(C)cc1.I. The molecule has 0 aliphatic rings. The normalized spacial score (nSPS) is 11.3. The van der Waals surface area contributed by atoms with Crippen LogP contribution in [-0.2, 0) is 6.54 Å². The van der Waals surface area contributed by atoms with E-state index in [4.69, 9.17) is 0 Å². The van der Waals surface area contributed by atoms with Gasteiger partial charge in [-0.3, -0.25) is 4.99 Å². The van der Waals surface area contributed by atoms with E-state index in [1.165, 1.54) is 30.5 Å². The highest BCUT2D eigenvalue weighted by Crippen LogP contribution is 2.06. The van der Waals surface area contributed by atoms with Crippen LogP contribution in [0.25, 0.3) is 0 Å². The number of nitrogens with zero attached hydrogens (tertiary/aromatic N) is 3. The lowest BCUT2D eigenvalue weighted by atomic mass is 10.1. The molecule has 1 aromatic carbocycles. The van der Waals surface area contributed by atoms with Gasteiger partial charge in [0.25, 0.3) is 0 Å². The average Bonchev–Trinajstić information content (AvgIpc) is 2.56. The fraction of sp³-hybridized carbons (Fsp3) is 0.632. The van der Waals surface area contributed by atoms with E-state index in [0.29, 0.717) is 0 Å². The van der Waals surface area contributed by atoms with Crippen molar-refractivity contribution in [3.8, 4) is 0 Å². The largest absolute Gasteiger partial charge is 0.356 e. The van der Waals surface area contributed by atoms with Crippen LogP contribution in [0.4, 0.5) is 0 Å². The van der Waals surface area contributed by atoms with Crippen molar-refractivity contribution in [2.75, 3.05) is 40.3 Å². The molecular weight excluding hydrogens is 411 g/mol. The van der Waals surface area contributed by atoms with Crippen LogP contribution in [0.3, 0.4) is 0 Å². The molecule has 0 aliphatic carbocycles.